The molecule has 1 atom stereocenters. The minimum atomic E-state index is -0.497. The predicted octanol–water partition coefficient (Wildman–Crippen LogP) is 1.77. The smallest absolute Gasteiger partial charge is 0.263 e. The van der Waals surface area contributed by atoms with Crippen molar-refractivity contribution < 1.29 is 9.59 Å². The zero-order valence-electron chi connectivity index (χ0n) is 12.2. The predicted molar refractivity (Wildman–Crippen MR) is 83.9 cm³/mol. The Bertz CT molecular complexity index is 686. The molecule has 1 aliphatic heterocycles. The summed E-state index contributed by atoms with van der Waals surface area (Å²) in [7, 11) is 0. The Labute approximate surface area is 132 Å². The van der Waals surface area contributed by atoms with Crippen molar-refractivity contribution in [1.82, 2.24) is 15.3 Å². The van der Waals surface area contributed by atoms with E-state index in [1.807, 2.05) is 6.07 Å². The number of nitrogens with one attached hydrogen (secondary N) is 1. The first-order valence-corrected chi connectivity index (χ1v) is 7.97. The molecule has 0 aliphatic carbocycles. The van der Waals surface area contributed by atoms with E-state index in [9.17, 15) is 9.59 Å². The lowest BCUT2D eigenvalue weighted by Gasteiger charge is -2.32. The summed E-state index contributed by atoms with van der Waals surface area (Å²) < 4.78 is 0. The molecule has 2 amide bonds. The number of thiazole rings is 1. The molecule has 0 unspecified atom stereocenters. The van der Waals surface area contributed by atoms with Crippen molar-refractivity contribution >= 4 is 28.8 Å². The van der Waals surface area contributed by atoms with Crippen molar-refractivity contribution in [2.45, 2.75) is 25.8 Å². The average Bonchev–Trinajstić information content (AvgIpc) is 2.96. The molecule has 2 aromatic heterocycles. The maximum Gasteiger partial charge on any atom is 0.263 e. The number of pyridine rings is 1. The van der Waals surface area contributed by atoms with Crippen LogP contribution >= 0.6 is 11.3 Å². The third-order valence-corrected chi connectivity index (χ3v) is 4.58. The molecular weight excluding hydrogens is 300 g/mol. The number of carbonyl (C=O) groups excluding carboxylic acids is 2. The maximum absolute atomic E-state index is 12.6. The molecule has 0 spiro atoms. The highest BCUT2D eigenvalue weighted by Crippen LogP contribution is 2.21. The first-order chi connectivity index (χ1) is 10.7. The quantitative estimate of drug-likeness (QED) is 0.936. The SMILES string of the molecule is Cc1ncsc1C(=O)N[C@@H]1CCCN(c2cccnc2)C1=O. The van der Waals surface area contributed by atoms with Crippen LogP contribution in [0.3, 0.4) is 0 Å². The molecule has 0 bridgehead atoms. The van der Waals surface area contributed by atoms with Gasteiger partial charge < -0.3 is 10.2 Å². The van der Waals surface area contributed by atoms with Crippen molar-refractivity contribution in [2.75, 3.05) is 11.4 Å². The number of anilines is 1. The Balaban J connectivity index is 1.73. The third kappa shape index (κ3) is 2.85. The van der Waals surface area contributed by atoms with Crippen LogP contribution in [0.25, 0.3) is 0 Å². The van der Waals surface area contributed by atoms with Crippen molar-refractivity contribution in [3.63, 3.8) is 0 Å². The number of carbonyl (C=O) groups is 2. The molecule has 114 valence electrons. The Hall–Kier alpha value is -2.28. The minimum Gasteiger partial charge on any atom is -0.339 e. The number of aryl methyl sites for hydroxylation is 1. The lowest BCUT2D eigenvalue weighted by atomic mass is 10.0. The summed E-state index contributed by atoms with van der Waals surface area (Å²) >= 11 is 1.29. The van der Waals surface area contributed by atoms with Gasteiger partial charge in [0, 0.05) is 12.7 Å². The third-order valence-electron chi connectivity index (χ3n) is 3.65. The molecule has 1 saturated heterocycles. The Morgan fingerprint density at radius 1 is 1.50 bits per heavy atom. The van der Waals surface area contributed by atoms with Crippen LogP contribution in [-0.4, -0.2) is 34.4 Å². The van der Waals surface area contributed by atoms with Gasteiger partial charge in [-0.2, -0.15) is 0 Å². The molecule has 7 heteroatoms. The van der Waals surface area contributed by atoms with Gasteiger partial charge in [0.15, 0.2) is 0 Å². The maximum atomic E-state index is 12.6. The topological polar surface area (TPSA) is 75.2 Å². The van der Waals surface area contributed by atoms with E-state index >= 15 is 0 Å². The van der Waals surface area contributed by atoms with Gasteiger partial charge in [-0.3, -0.25) is 14.6 Å². The van der Waals surface area contributed by atoms with Gasteiger partial charge >= 0.3 is 0 Å². The largest absolute Gasteiger partial charge is 0.339 e. The van der Waals surface area contributed by atoms with E-state index in [1.165, 1.54) is 11.3 Å². The van der Waals surface area contributed by atoms with E-state index in [-0.39, 0.29) is 11.8 Å². The van der Waals surface area contributed by atoms with Gasteiger partial charge in [0.25, 0.3) is 5.91 Å². The molecule has 1 aliphatic rings. The highest BCUT2D eigenvalue weighted by molar-refractivity contribution is 7.11. The summed E-state index contributed by atoms with van der Waals surface area (Å²) in [6.07, 6.45) is 4.83. The summed E-state index contributed by atoms with van der Waals surface area (Å²) in [4.78, 5) is 35.2. The summed E-state index contributed by atoms with van der Waals surface area (Å²) in [6, 6.07) is 3.15. The fraction of sp³-hybridized carbons (Fsp3) is 0.333. The van der Waals surface area contributed by atoms with E-state index in [2.05, 4.69) is 15.3 Å². The van der Waals surface area contributed by atoms with Gasteiger partial charge in [-0.1, -0.05) is 0 Å². The van der Waals surface area contributed by atoms with Gasteiger partial charge in [0.1, 0.15) is 10.9 Å². The zero-order chi connectivity index (χ0) is 15.5. The first-order valence-electron chi connectivity index (χ1n) is 7.09. The lowest BCUT2D eigenvalue weighted by Crippen LogP contribution is -2.52. The Morgan fingerprint density at radius 3 is 3.05 bits per heavy atom. The van der Waals surface area contributed by atoms with Gasteiger partial charge in [-0.25, -0.2) is 4.98 Å². The number of hydrogen-bond acceptors (Lipinski definition) is 5. The number of nitrogens with zero attached hydrogens (tertiary/aromatic N) is 3. The summed E-state index contributed by atoms with van der Waals surface area (Å²) in [5.74, 6) is -0.318. The fourth-order valence-corrected chi connectivity index (χ4v) is 3.23. The molecule has 1 fully saturated rings. The normalized spacial score (nSPS) is 18.3. The van der Waals surface area contributed by atoms with Crippen LogP contribution in [0.15, 0.2) is 30.0 Å². The highest BCUT2D eigenvalue weighted by Gasteiger charge is 2.31. The van der Waals surface area contributed by atoms with Crippen LogP contribution in [0.4, 0.5) is 5.69 Å². The van der Waals surface area contributed by atoms with Gasteiger partial charge in [-0.15, -0.1) is 11.3 Å². The molecule has 3 heterocycles. The van der Waals surface area contributed by atoms with Crippen LogP contribution < -0.4 is 10.2 Å². The second-order valence-electron chi connectivity index (χ2n) is 5.14. The van der Waals surface area contributed by atoms with Crippen molar-refractivity contribution in [3.05, 3.63) is 40.6 Å². The average molecular weight is 316 g/mol. The van der Waals surface area contributed by atoms with Crippen LogP contribution in [-0.2, 0) is 4.79 Å². The van der Waals surface area contributed by atoms with Crippen molar-refractivity contribution in [1.29, 1.82) is 0 Å². The summed E-state index contributed by atoms with van der Waals surface area (Å²) in [5, 5.41) is 2.83. The first kappa shape index (κ1) is 14.6. The minimum absolute atomic E-state index is 0.0882. The summed E-state index contributed by atoms with van der Waals surface area (Å²) in [6.45, 7) is 2.44. The van der Waals surface area contributed by atoms with Crippen LogP contribution in [0, 0.1) is 6.92 Å². The Kier molecular flexibility index (Phi) is 4.15. The number of piperidine rings is 1. The number of hydrogen-bond donors (Lipinski definition) is 1. The number of amides is 2. The van der Waals surface area contributed by atoms with Crippen LogP contribution in [0.2, 0.25) is 0 Å². The van der Waals surface area contributed by atoms with E-state index in [4.69, 9.17) is 0 Å². The van der Waals surface area contributed by atoms with Crippen LogP contribution in [0.5, 0.6) is 0 Å². The Morgan fingerprint density at radius 2 is 2.36 bits per heavy atom. The molecule has 0 saturated carbocycles. The molecule has 6 nitrogen and oxygen atoms in total. The van der Waals surface area contributed by atoms with Crippen LogP contribution in [0.1, 0.15) is 28.2 Å². The number of aromatic nitrogens is 2. The lowest BCUT2D eigenvalue weighted by molar-refractivity contribution is -0.121. The summed E-state index contributed by atoms with van der Waals surface area (Å²) in [5.41, 5.74) is 3.09. The standard InChI is InChI=1S/C15H16N4O2S/c1-10-13(22-9-17-10)14(20)18-12-5-3-7-19(15(12)21)11-4-2-6-16-8-11/h2,4,6,8-9,12H,3,5,7H2,1H3,(H,18,20)/t12-/m1/s1. The second kappa shape index (κ2) is 6.23. The number of rotatable bonds is 3. The van der Waals surface area contributed by atoms with E-state index in [0.29, 0.717) is 23.5 Å². The molecular formula is C15H16N4O2S. The zero-order valence-corrected chi connectivity index (χ0v) is 13.0. The molecule has 3 rings (SSSR count). The highest BCUT2D eigenvalue weighted by atomic mass is 32.1. The molecule has 2 aromatic rings. The molecule has 22 heavy (non-hydrogen) atoms. The molecule has 0 aromatic carbocycles. The van der Waals surface area contributed by atoms with E-state index < -0.39 is 6.04 Å². The molecule has 1 N–H and O–H groups in total. The van der Waals surface area contributed by atoms with Crippen molar-refractivity contribution in [3.8, 4) is 0 Å². The van der Waals surface area contributed by atoms with Gasteiger partial charge in [0.2, 0.25) is 5.91 Å². The van der Waals surface area contributed by atoms with E-state index in [1.54, 1.807) is 35.8 Å². The monoisotopic (exact) mass is 316 g/mol. The van der Waals surface area contributed by atoms with Crippen molar-refractivity contribution in [2.24, 2.45) is 0 Å². The van der Waals surface area contributed by atoms with Gasteiger partial charge in [0.05, 0.1) is 23.1 Å². The molecule has 0 radical (unpaired) electrons. The van der Waals surface area contributed by atoms with Gasteiger partial charge in [-0.05, 0) is 31.9 Å². The fourth-order valence-electron chi connectivity index (χ4n) is 2.52. The second-order valence-corrected chi connectivity index (χ2v) is 5.99. The van der Waals surface area contributed by atoms with E-state index in [0.717, 1.165) is 12.1 Å².